The van der Waals surface area contributed by atoms with Gasteiger partial charge >= 0.3 is 0 Å². The second kappa shape index (κ2) is 5.14. The van der Waals surface area contributed by atoms with Gasteiger partial charge < -0.3 is 9.67 Å². The minimum atomic E-state index is 0.151. The molecule has 0 bridgehead atoms. The molecule has 2 rings (SSSR count). The van der Waals surface area contributed by atoms with Crippen LogP contribution in [0, 0.1) is 0 Å². The molecular weight excluding hydrogens is 222 g/mol. The van der Waals surface area contributed by atoms with Crippen molar-refractivity contribution in [3.05, 3.63) is 30.3 Å². The Labute approximate surface area is 98.3 Å². The minimum absolute atomic E-state index is 0.151. The van der Waals surface area contributed by atoms with Gasteiger partial charge in [0.2, 0.25) is 0 Å². The van der Waals surface area contributed by atoms with E-state index in [0.29, 0.717) is 5.75 Å². The zero-order chi connectivity index (χ0) is 11.4. The third-order valence-corrected chi connectivity index (χ3v) is 3.19. The maximum absolute atomic E-state index is 8.76. The number of rotatable bonds is 4. The van der Waals surface area contributed by atoms with E-state index in [9.17, 15) is 0 Å². The smallest absolute Gasteiger partial charge is 0.191 e. The highest BCUT2D eigenvalue weighted by Gasteiger charge is 2.09. The van der Waals surface area contributed by atoms with Crippen LogP contribution in [-0.2, 0) is 7.05 Å². The molecular formula is C11H13N3OS. The summed E-state index contributed by atoms with van der Waals surface area (Å²) < 4.78 is 1.94. The van der Waals surface area contributed by atoms with Crippen LogP contribution in [0.15, 0.2) is 35.5 Å². The van der Waals surface area contributed by atoms with Crippen molar-refractivity contribution >= 4 is 11.8 Å². The Balaban J connectivity index is 2.27. The average molecular weight is 235 g/mol. The number of hydrogen-bond donors (Lipinski definition) is 1. The lowest BCUT2D eigenvalue weighted by molar-refractivity contribution is 0.322. The minimum Gasteiger partial charge on any atom is -0.396 e. The third kappa shape index (κ3) is 2.25. The van der Waals surface area contributed by atoms with Crippen molar-refractivity contribution in [2.75, 3.05) is 12.4 Å². The van der Waals surface area contributed by atoms with E-state index in [2.05, 4.69) is 10.2 Å². The van der Waals surface area contributed by atoms with Crippen molar-refractivity contribution in [1.29, 1.82) is 0 Å². The van der Waals surface area contributed by atoms with Gasteiger partial charge in [-0.2, -0.15) is 0 Å². The summed E-state index contributed by atoms with van der Waals surface area (Å²) >= 11 is 1.50. The summed E-state index contributed by atoms with van der Waals surface area (Å²) in [5.41, 5.74) is 1.05. The van der Waals surface area contributed by atoms with Crippen molar-refractivity contribution < 1.29 is 5.11 Å². The van der Waals surface area contributed by atoms with Crippen LogP contribution in [0.25, 0.3) is 11.4 Å². The van der Waals surface area contributed by atoms with Gasteiger partial charge in [-0.1, -0.05) is 42.1 Å². The normalized spacial score (nSPS) is 10.6. The van der Waals surface area contributed by atoms with Crippen LogP contribution in [-0.4, -0.2) is 32.2 Å². The third-order valence-electron chi connectivity index (χ3n) is 2.19. The van der Waals surface area contributed by atoms with Crippen LogP contribution in [0.2, 0.25) is 0 Å². The van der Waals surface area contributed by atoms with Crippen molar-refractivity contribution in [1.82, 2.24) is 14.8 Å². The molecule has 5 heteroatoms. The SMILES string of the molecule is Cn1c(SCCO)nnc1-c1ccccc1. The van der Waals surface area contributed by atoms with Gasteiger partial charge in [0.15, 0.2) is 11.0 Å². The molecule has 0 aliphatic rings. The molecule has 0 amide bonds. The number of aromatic nitrogens is 3. The van der Waals surface area contributed by atoms with Crippen LogP contribution in [0.5, 0.6) is 0 Å². The molecule has 0 aliphatic carbocycles. The first kappa shape index (κ1) is 11.2. The summed E-state index contributed by atoms with van der Waals surface area (Å²) in [4.78, 5) is 0. The van der Waals surface area contributed by atoms with E-state index in [0.717, 1.165) is 16.5 Å². The topological polar surface area (TPSA) is 50.9 Å². The first-order valence-electron chi connectivity index (χ1n) is 5.01. The van der Waals surface area contributed by atoms with E-state index in [4.69, 9.17) is 5.11 Å². The Kier molecular flexibility index (Phi) is 3.58. The zero-order valence-electron chi connectivity index (χ0n) is 9.00. The van der Waals surface area contributed by atoms with Gasteiger partial charge in [-0.3, -0.25) is 0 Å². The molecule has 0 aliphatic heterocycles. The van der Waals surface area contributed by atoms with Gasteiger partial charge in [0.05, 0.1) is 6.61 Å². The maximum atomic E-state index is 8.76. The monoisotopic (exact) mass is 235 g/mol. The van der Waals surface area contributed by atoms with E-state index < -0.39 is 0 Å². The molecule has 0 fully saturated rings. The van der Waals surface area contributed by atoms with Crippen LogP contribution in [0.1, 0.15) is 0 Å². The summed E-state index contributed by atoms with van der Waals surface area (Å²) in [5, 5.41) is 17.8. The summed E-state index contributed by atoms with van der Waals surface area (Å²) in [7, 11) is 1.93. The molecule has 1 heterocycles. The summed E-state index contributed by atoms with van der Waals surface area (Å²) in [6.45, 7) is 0.151. The van der Waals surface area contributed by atoms with E-state index in [1.54, 1.807) is 0 Å². The molecule has 0 saturated heterocycles. The lowest BCUT2D eigenvalue weighted by Crippen LogP contribution is -1.96. The van der Waals surface area contributed by atoms with Gasteiger partial charge in [0.1, 0.15) is 0 Å². The van der Waals surface area contributed by atoms with Gasteiger partial charge in [-0.05, 0) is 0 Å². The molecule has 1 aromatic heterocycles. The van der Waals surface area contributed by atoms with Crippen molar-refractivity contribution in [2.45, 2.75) is 5.16 Å². The fourth-order valence-electron chi connectivity index (χ4n) is 1.42. The molecule has 0 unspecified atom stereocenters. The number of hydrogen-bond acceptors (Lipinski definition) is 4. The van der Waals surface area contributed by atoms with Gasteiger partial charge in [0.25, 0.3) is 0 Å². The van der Waals surface area contributed by atoms with Crippen LogP contribution in [0.3, 0.4) is 0 Å². The van der Waals surface area contributed by atoms with Crippen LogP contribution in [0.4, 0.5) is 0 Å². The highest BCUT2D eigenvalue weighted by molar-refractivity contribution is 7.99. The van der Waals surface area contributed by atoms with E-state index in [1.807, 2.05) is 41.9 Å². The number of nitrogens with zero attached hydrogens (tertiary/aromatic N) is 3. The molecule has 0 saturated carbocycles. The van der Waals surface area contributed by atoms with Crippen LogP contribution >= 0.6 is 11.8 Å². The average Bonchev–Trinajstić information content (AvgIpc) is 2.69. The lowest BCUT2D eigenvalue weighted by atomic mass is 10.2. The predicted molar refractivity (Wildman–Crippen MR) is 64.2 cm³/mol. The molecule has 16 heavy (non-hydrogen) atoms. The van der Waals surface area contributed by atoms with E-state index in [-0.39, 0.29) is 6.61 Å². The van der Waals surface area contributed by atoms with Gasteiger partial charge in [-0.15, -0.1) is 10.2 Å². The van der Waals surface area contributed by atoms with E-state index >= 15 is 0 Å². The van der Waals surface area contributed by atoms with Gasteiger partial charge in [0, 0.05) is 18.4 Å². The van der Waals surface area contributed by atoms with Crippen molar-refractivity contribution in [3.63, 3.8) is 0 Å². The highest BCUT2D eigenvalue weighted by atomic mass is 32.2. The molecule has 2 aromatic rings. The fraction of sp³-hybridized carbons (Fsp3) is 0.273. The Morgan fingerprint density at radius 3 is 2.69 bits per heavy atom. The zero-order valence-corrected chi connectivity index (χ0v) is 9.81. The predicted octanol–water partition coefficient (Wildman–Crippen LogP) is 1.57. The number of aliphatic hydroxyl groups is 1. The summed E-state index contributed by atoms with van der Waals surface area (Å²) in [6, 6.07) is 9.94. The Morgan fingerprint density at radius 2 is 2.00 bits per heavy atom. The number of aliphatic hydroxyl groups excluding tert-OH is 1. The van der Waals surface area contributed by atoms with Crippen LogP contribution < -0.4 is 0 Å². The van der Waals surface area contributed by atoms with Crippen molar-refractivity contribution in [3.8, 4) is 11.4 Å². The van der Waals surface area contributed by atoms with Gasteiger partial charge in [-0.25, -0.2) is 0 Å². The number of thioether (sulfide) groups is 1. The summed E-state index contributed by atoms with van der Waals surface area (Å²) in [5.74, 6) is 1.49. The second-order valence-electron chi connectivity index (χ2n) is 3.30. The largest absolute Gasteiger partial charge is 0.396 e. The summed E-state index contributed by atoms with van der Waals surface area (Å²) in [6.07, 6.45) is 0. The number of benzene rings is 1. The second-order valence-corrected chi connectivity index (χ2v) is 4.37. The first-order chi connectivity index (χ1) is 7.83. The fourth-order valence-corrected chi connectivity index (χ4v) is 2.07. The molecule has 84 valence electrons. The molecule has 0 radical (unpaired) electrons. The quantitative estimate of drug-likeness (QED) is 0.817. The van der Waals surface area contributed by atoms with Crippen molar-refractivity contribution in [2.24, 2.45) is 7.05 Å². The molecule has 1 N–H and O–H groups in total. The molecule has 4 nitrogen and oxygen atoms in total. The molecule has 0 spiro atoms. The Bertz CT molecular complexity index is 456. The first-order valence-corrected chi connectivity index (χ1v) is 6.00. The molecule has 0 atom stereocenters. The standard InChI is InChI=1S/C11H13N3OS/c1-14-10(9-5-3-2-4-6-9)12-13-11(14)16-8-7-15/h2-6,15H,7-8H2,1H3. The maximum Gasteiger partial charge on any atom is 0.191 e. The Morgan fingerprint density at radius 1 is 1.25 bits per heavy atom. The lowest BCUT2D eigenvalue weighted by Gasteiger charge is -2.02. The Hall–Kier alpha value is -1.33. The molecule has 1 aromatic carbocycles. The highest BCUT2D eigenvalue weighted by Crippen LogP contribution is 2.21. The van der Waals surface area contributed by atoms with E-state index in [1.165, 1.54) is 11.8 Å².